The van der Waals surface area contributed by atoms with E-state index in [2.05, 4.69) is 5.32 Å². The third-order valence-corrected chi connectivity index (χ3v) is 5.09. The van der Waals surface area contributed by atoms with Gasteiger partial charge in [-0.15, -0.1) is 22.7 Å². The maximum absolute atomic E-state index is 12.4. The first-order valence-corrected chi connectivity index (χ1v) is 9.15. The van der Waals surface area contributed by atoms with Crippen LogP contribution in [0.3, 0.4) is 0 Å². The Balaban J connectivity index is 1.98. The fourth-order valence-corrected chi connectivity index (χ4v) is 3.83. The number of thiophene rings is 2. The summed E-state index contributed by atoms with van der Waals surface area (Å²) < 4.78 is 5.18. The van der Waals surface area contributed by atoms with E-state index in [0.29, 0.717) is 15.4 Å². The number of esters is 1. The van der Waals surface area contributed by atoms with Gasteiger partial charge in [-0.3, -0.25) is 4.79 Å². The summed E-state index contributed by atoms with van der Waals surface area (Å²) in [6, 6.07) is 13.1. The molecule has 1 amide bonds. The summed E-state index contributed by atoms with van der Waals surface area (Å²) in [6.45, 7) is 2.04. The summed E-state index contributed by atoms with van der Waals surface area (Å²) in [4.78, 5) is 25.3. The molecular formula is C18H15NO3S2. The fourth-order valence-electron chi connectivity index (χ4n) is 2.26. The van der Waals surface area contributed by atoms with Crippen molar-refractivity contribution in [3.05, 3.63) is 63.7 Å². The topological polar surface area (TPSA) is 55.4 Å². The molecule has 0 saturated carbocycles. The Kier molecular flexibility index (Phi) is 5.08. The van der Waals surface area contributed by atoms with Crippen molar-refractivity contribution in [1.82, 2.24) is 0 Å². The molecule has 3 rings (SSSR count). The molecule has 1 aromatic carbocycles. The first kappa shape index (κ1) is 16.4. The number of benzene rings is 1. The molecule has 1 N–H and O–H groups in total. The maximum atomic E-state index is 12.4. The van der Waals surface area contributed by atoms with Crippen molar-refractivity contribution >= 4 is 39.6 Å². The van der Waals surface area contributed by atoms with E-state index in [1.54, 1.807) is 13.0 Å². The molecule has 24 heavy (non-hydrogen) atoms. The first-order chi connectivity index (χ1) is 11.7. The highest BCUT2D eigenvalue weighted by Crippen LogP contribution is 2.36. The minimum atomic E-state index is -0.431. The third-order valence-electron chi connectivity index (χ3n) is 3.33. The third kappa shape index (κ3) is 3.39. The molecule has 6 heteroatoms. The van der Waals surface area contributed by atoms with Gasteiger partial charge in [-0.25, -0.2) is 4.79 Å². The summed E-state index contributed by atoms with van der Waals surface area (Å²) in [7, 11) is 0. The number of hydrogen-bond acceptors (Lipinski definition) is 5. The summed E-state index contributed by atoms with van der Waals surface area (Å²) in [5.74, 6) is -0.656. The van der Waals surface area contributed by atoms with Crippen LogP contribution in [-0.2, 0) is 4.74 Å². The van der Waals surface area contributed by atoms with Crippen molar-refractivity contribution in [3.63, 3.8) is 0 Å². The zero-order valence-electron chi connectivity index (χ0n) is 12.9. The van der Waals surface area contributed by atoms with Gasteiger partial charge in [0.1, 0.15) is 10.6 Å². The quantitative estimate of drug-likeness (QED) is 0.660. The Morgan fingerprint density at radius 2 is 1.88 bits per heavy atom. The van der Waals surface area contributed by atoms with E-state index in [-0.39, 0.29) is 12.5 Å². The Bertz CT molecular complexity index is 839. The van der Waals surface area contributed by atoms with E-state index in [1.807, 2.05) is 47.2 Å². The normalized spacial score (nSPS) is 10.4. The Morgan fingerprint density at radius 3 is 2.54 bits per heavy atom. The molecule has 0 unspecified atom stereocenters. The summed E-state index contributed by atoms with van der Waals surface area (Å²) in [5, 5.41) is 7.04. The first-order valence-electron chi connectivity index (χ1n) is 7.39. The van der Waals surface area contributed by atoms with E-state index in [1.165, 1.54) is 22.7 Å². The number of anilines is 1. The molecule has 0 bridgehead atoms. The van der Waals surface area contributed by atoms with Crippen molar-refractivity contribution in [2.45, 2.75) is 6.92 Å². The summed E-state index contributed by atoms with van der Waals surface area (Å²) in [5.41, 5.74) is 2.08. The number of carbonyl (C=O) groups is 2. The van der Waals surface area contributed by atoms with Crippen LogP contribution in [-0.4, -0.2) is 18.5 Å². The minimum absolute atomic E-state index is 0.225. The van der Waals surface area contributed by atoms with Crippen LogP contribution in [0.1, 0.15) is 27.0 Å². The highest BCUT2D eigenvalue weighted by atomic mass is 32.1. The van der Waals surface area contributed by atoms with E-state index < -0.39 is 5.97 Å². The lowest BCUT2D eigenvalue weighted by Gasteiger charge is -2.08. The van der Waals surface area contributed by atoms with Gasteiger partial charge in [0.25, 0.3) is 5.91 Å². The monoisotopic (exact) mass is 357 g/mol. The van der Waals surface area contributed by atoms with Gasteiger partial charge in [0, 0.05) is 10.9 Å². The van der Waals surface area contributed by atoms with Crippen LogP contribution >= 0.6 is 22.7 Å². The zero-order valence-corrected chi connectivity index (χ0v) is 14.6. The molecule has 0 atom stereocenters. The molecular weight excluding hydrogens is 342 g/mol. The van der Waals surface area contributed by atoms with Crippen molar-refractivity contribution in [2.24, 2.45) is 0 Å². The summed E-state index contributed by atoms with van der Waals surface area (Å²) in [6.07, 6.45) is 0. The van der Waals surface area contributed by atoms with Crippen LogP contribution in [0.15, 0.2) is 53.2 Å². The molecule has 0 spiro atoms. The molecule has 3 aromatic rings. The van der Waals surface area contributed by atoms with Crippen LogP contribution < -0.4 is 5.32 Å². The molecule has 0 fully saturated rings. The van der Waals surface area contributed by atoms with Gasteiger partial charge in [-0.1, -0.05) is 36.4 Å². The second-order valence-corrected chi connectivity index (χ2v) is 6.70. The number of rotatable bonds is 5. The fraction of sp³-hybridized carbons (Fsp3) is 0.111. The van der Waals surface area contributed by atoms with Gasteiger partial charge < -0.3 is 10.1 Å². The number of nitrogens with one attached hydrogen (secondary N) is 1. The molecule has 0 aliphatic carbocycles. The Labute approximate surface area is 147 Å². The van der Waals surface area contributed by atoms with Gasteiger partial charge in [-0.2, -0.15) is 0 Å². The molecule has 0 aliphatic rings. The van der Waals surface area contributed by atoms with E-state index >= 15 is 0 Å². The second kappa shape index (κ2) is 7.42. The van der Waals surface area contributed by atoms with E-state index in [4.69, 9.17) is 4.74 Å². The van der Waals surface area contributed by atoms with Gasteiger partial charge >= 0.3 is 5.97 Å². The van der Waals surface area contributed by atoms with Gasteiger partial charge in [-0.05, 0) is 23.9 Å². The number of amides is 1. The van der Waals surface area contributed by atoms with Gasteiger partial charge in [0.2, 0.25) is 0 Å². The molecule has 122 valence electrons. The van der Waals surface area contributed by atoms with Crippen LogP contribution in [0, 0.1) is 0 Å². The smallest absolute Gasteiger partial charge is 0.341 e. The SMILES string of the molecule is CCOC(=O)c1c(-c2ccccc2)csc1NC(=O)c1cccs1. The van der Waals surface area contributed by atoms with Crippen LogP contribution in [0.25, 0.3) is 11.1 Å². The average Bonchev–Trinajstić information content (AvgIpc) is 3.25. The summed E-state index contributed by atoms with van der Waals surface area (Å²) >= 11 is 2.68. The van der Waals surface area contributed by atoms with Crippen molar-refractivity contribution < 1.29 is 14.3 Å². The maximum Gasteiger partial charge on any atom is 0.341 e. The lowest BCUT2D eigenvalue weighted by molar-refractivity contribution is 0.0529. The molecule has 2 aromatic heterocycles. The lowest BCUT2D eigenvalue weighted by Crippen LogP contribution is -2.13. The van der Waals surface area contributed by atoms with Crippen LogP contribution in [0.5, 0.6) is 0 Å². The van der Waals surface area contributed by atoms with Crippen LogP contribution in [0.4, 0.5) is 5.00 Å². The van der Waals surface area contributed by atoms with Gasteiger partial charge in [0.05, 0.1) is 11.5 Å². The number of ether oxygens (including phenoxy) is 1. The molecule has 2 heterocycles. The van der Waals surface area contributed by atoms with E-state index in [9.17, 15) is 9.59 Å². The highest BCUT2D eigenvalue weighted by Gasteiger charge is 2.23. The van der Waals surface area contributed by atoms with Crippen molar-refractivity contribution in [2.75, 3.05) is 11.9 Å². The van der Waals surface area contributed by atoms with Crippen molar-refractivity contribution in [3.8, 4) is 11.1 Å². The van der Waals surface area contributed by atoms with Crippen LogP contribution in [0.2, 0.25) is 0 Å². The standard InChI is InChI=1S/C18H15NO3S2/c1-2-22-18(21)15-13(12-7-4-3-5-8-12)11-24-17(15)19-16(20)14-9-6-10-23-14/h3-11H,2H2,1H3,(H,19,20). The Hall–Kier alpha value is -2.44. The molecule has 0 radical (unpaired) electrons. The van der Waals surface area contributed by atoms with Crippen molar-refractivity contribution in [1.29, 1.82) is 0 Å². The molecule has 0 aliphatic heterocycles. The predicted octanol–water partition coefficient (Wildman–Crippen LogP) is 4.91. The lowest BCUT2D eigenvalue weighted by atomic mass is 10.0. The van der Waals surface area contributed by atoms with E-state index in [0.717, 1.165) is 11.1 Å². The second-order valence-electron chi connectivity index (χ2n) is 4.87. The Morgan fingerprint density at radius 1 is 1.08 bits per heavy atom. The molecule has 0 saturated heterocycles. The minimum Gasteiger partial charge on any atom is -0.462 e. The predicted molar refractivity (Wildman–Crippen MR) is 98.0 cm³/mol. The zero-order chi connectivity index (χ0) is 16.9. The average molecular weight is 357 g/mol. The largest absolute Gasteiger partial charge is 0.462 e. The number of hydrogen-bond donors (Lipinski definition) is 1. The van der Waals surface area contributed by atoms with Gasteiger partial charge in [0.15, 0.2) is 0 Å². The highest BCUT2D eigenvalue weighted by molar-refractivity contribution is 7.15. The number of carbonyl (C=O) groups excluding carboxylic acids is 2. The molecule has 4 nitrogen and oxygen atoms in total.